The second-order valence-corrected chi connectivity index (χ2v) is 4.18. The Morgan fingerprint density at radius 1 is 1.53 bits per heavy atom. The van der Waals surface area contributed by atoms with Gasteiger partial charge < -0.3 is 10.0 Å². The normalized spacial score (nSPS) is 21.8. The maximum atomic E-state index is 10.9. The predicted molar refractivity (Wildman–Crippen MR) is 58.3 cm³/mol. The summed E-state index contributed by atoms with van der Waals surface area (Å²) in [6.07, 6.45) is 1.91. The Kier molecular flexibility index (Phi) is 2.73. The number of aldehydes is 1. The van der Waals surface area contributed by atoms with Gasteiger partial charge in [0.2, 0.25) is 0 Å². The Morgan fingerprint density at radius 2 is 2.33 bits per heavy atom. The van der Waals surface area contributed by atoms with Crippen molar-refractivity contribution in [3.63, 3.8) is 0 Å². The van der Waals surface area contributed by atoms with E-state index in [1.807, 2.05) is 6.07 Å². The fourth-order valence-electron chi connectivity index (χ4n) is 2.22. The van der Waals surface area contributed by atoms with Gasteiger partial charge in [-0.2, -0.15) is 0 Å². The summed E-state index contributed by atoms with van der Waals surface area (Å²) in [6, 6.07) is 5.06. The van der Waals surface area contributed by atoms with E-state index < -0.39 is 0 Å². The van der Waals surface area contributed by atoms with Gasteiger partial charge >= 0.3 is 0 Å². The lowest BCUT2D eigenvalue weighted by Crippen LogP contribution is -2.13. The molecule has 3 nitrogen and oxygen atoms in total. The van der Waals surface area contributed by atoms with Crippen LogP contribution in [-0.2, 0) is 0 Å². The first-order valence-electron chi connectivity index (χ1n) is 5.17. The van der Waals surface area contributed by atoms with Crippen molar-refractivity contribution < 1.29 is 9.90 Å². The molecule has 15 heavy (non-hydrogen) atoms. The number of nitrogens with zero attached hydrogens (tertiary/aromatic N) is 1. The van der Waals surface area contributed by atoms with Crippen LogP contribution in [0.25, 0.3) is 0 Å². The standard InChI is InChI=1S/C12H15NO2/c1-13-5-4-9(7-13)12-3-2-11(15)6-10(12)8-14/h2-3,6,8-9,15H,4-5,7H2,1H3. The fraction of sp³-hybridized carbons (Fsp3) is 0.417. The van der Waals surface area contributed by atoms with Crippen molar-refractivity contribution in [3.05, 3.63) is 29.3 Å². The molecule has 0 aliphatic carbocycles. The van der Waals surface area contributed by atoms with Crippen molar-refractivity contribution in [1.29, 1.82) is 0 Å². The first kappa shape index (κ1) is 10.2. The third-order valence-electron chi connectivity index (χ3n) is 3.03. The van der Waals surface area contributed by atoms with Crippen LogP contribution in [0, 0.1) is 0 Å². The largest absolute Gasteiger partial charge is 0.508 e. The minimum atomic E-state index is 0.159. The van der Waals surface area contributed by atoms with Gasteiger partial charge in [0.1, 0.15) is 12.0 Å². The second-order valence-electron chi connectivity index (χ2n) is 4.18. The Morgan fingerprint density at radius 3 is 2.93 bits per heavy atom. The molecule has 0 saturated carbocycles. The van der Waals surface area contributed by atoms with Crippen LogP contribution in [-0.4, -0.2) is 36.4 Å². The average molecular weight is 205 g/mol. The van der Waals surface area contributed by atoms with Gasteiger partial charge in [-0.05, 0) is 43.6 Å². The van der Waals surface area contributed by atoms with E-state index in [0.717, 1.165) is 31.4 Å². The Balaban J connectivity index is 2.31. The number of carbonyl (C=O) groups is 1. The highest BCUT2D eigenvalue weighted by Gasteiger charge is 2.23. The van der Waals surface area contributed by atoms with Gasteiger partial charge in [-0.3, -0.25) is 4.79 Å². The lowest BCUT2D eigenvalue weighted by molar-refractivity contribution is 0.112. The van der Waals surface area contributed by atoms with Crippen molar-refractivity contribution in [2.75, 3.05) is 20.1 Å². The van der Waals surface area contributed by atoms with Crippen LogP contribution in [0.2, 0.25) is 0 Å². The molecule has 1 aliphatic heterocycles. The number of phenols is 1. The van der Waals surface area contributed by atoms with Gasteiger partial charge in [0.05, 0.1) is 0 Å². The minimum Gasteiger partial charge on any atom is -0.508 e. The Bertz CT molecular complexity index is 376. The molecule has 1 unspecified atom stereocenters. The molecular weight excluding hydrogens is 190 g/mol. The van der Waals surface area contributed by atoms with E-state index >= 15 is 0 Å². The monoisotopic (exact) mass is 205 g/mol. The molecule has 3 heteroatoms. The first-order chi connectivity index (χ1) is 7.20. The summed E-state index contributed by atoms with van der Waals surface area (Å²) in [5, 5.41) is 9.29. The van der Waals surface area contributed by atoms with Crippen molar-refractivity contribution in [2.45, 2.75) is 12.3 Å². The lowest BCUT2D eigenvalue weighted by Gasteiger charge is -2.13. The molecular formula is C12H15NO2. The van der Waals surface area contributed by atoms with Gasteiger partial charge in [-0.15, -0.1) is 0 Å². The fourth-order valence-corrected chi connectivity index (χ4v) is 2.22. The highest BCUT2D eigenvalue weighted by molar-refractivity contribution is 5.78. The van der Waals surface area contributed by atoms with Crippen LogP contribution >= 0.6 is 0 Å². The number of benzene rings is 1. The SMILES string of the molecule is CN1CCC(c2ccc(O)cc2C=O)C1. The maximum absolute atomic E-state index is 10.9. The average Bonchev–Trinajstić information content (AvgIpc) is 2.64. The summed E-state index contributed by atoms with van der Waals surface area (Å²) in [7, 11) is 2.08. The van der Waals surface area contributed by atoms with Crippen molar-refractivity contribution in [1.82, 2.24) is 4.90 Å². The van der Waals surface area contributed by atoms with Crippen molar-refractivity contribution >= 4 is 6.29 Å². The molecule has 1 aromatic rings. The summed E-state index contributed by atoms with van der Waals surface area (Å²) in [5.41, 5.74) is 1.68. The van der Waals surface area contributed by atoms with Gasteiger partial charge in [-0.25, -0.2) is 0 Å². The van der Waals surface area contributed by atoms with Crippen LogP contribution in [0.4, 0.5) is 0 Å². The molecule has 80 valence electrons. The van der Waals surface area contributed by atoms with E-state index in [9.17, 15) is 9.90 Å². The van der Waals surface area contributed by atoms with E-state index in [1.54, 1.807) is 12.1 Å². The van der Waals surface area contributed by atoms with Crippen LogP contribution in [0.15, 0.2) is 18.2 Å². The van der Waals surface area contributed by atoms with Crippen molar-refractivity contribution in [2.24, 2.45) is 0 Å². The molecule has 1 aromatic carbocycles. The molecule has 0 spiro atoms. The number of rotatable bonds is 2. The molecule has 1 N–H and O–H groups in total. The molecule has 1 heterocycles. The Labute approximate surface area is 89.3 Å². The molecule has 2 rings (SSSR count). The molecule has 0 amide bonds. The molecule has 0 bridgehead atoms. The highest BCUT2D eigenvalue weighted by atomic mass is 16.3. The summed E-state index contributed by atoms with van der Waals surface area (Å²) >= 11 is 0. The molecule has 1 aliphatic rings. The second kappa shape index (κ2) is 4.03. The van der Waals surface area contributed by atoms with E-state index in [-0.39, 0.29) is 5.75 Å². The van der Waals surface area contributed by atoms with Gasteiger partial charge in [0, 0.05) is 12.1 Å². The number of carbonyl (C=O) groups excluding carboxylic acids is 1. The predicted octanol–water partition coefficient (Wildman–Crippen LogP) is 1.62. The topological polar surface area (TPSA) is 40.5 Å². The third kappa shape index (κ3) is 2.02. The Hall–Kier alpha value is -1.35. The van der Waals surface area contributed by atoms with Crippen LogP contribution in [0.5, 0.6) is 5.75 Å². The molecule has 1 atom stereocenters. The zero-order valence-electron chi connectivity index (χ0n) is 8.81. The number of hydrogen-bond donors (Lipinski definition) is 1. The molecule has 0 aromatic heterocycles. The summed E-state index contributed by atoms with van der Waals surface area (Å²) in [4.78, 5) is 13.1. The van der Waals surface area contributed by atoms with Crippen LogP contribution in [0.3, 0.4) is 0 Å². The number of phenolic OH excluding ortho intramolecular Hbond substituents is 1. The molecule has 0 radical (unpaired) electrons. The molecule has 1 fully saturated rings. The number of hydrogen-bond acceptors (Lipinski definition) is 3. The number of likely N-dealkylation sites (tertiary alicyclic amines) is 1. The van der Waals surface area contributed by atoms with Gasteiger partial charge in [0.15, 0.2) is 0 Å². The maximum Gasteiger partial charge on any atom is 0.150 e. The third-order valence-corrected chi connectivity index (χ3v) is 3.03. The molecule has 1 saturated heterocycles. The lowest BCUT2D eigenvalue weighted by atomic mass is 9.94. The summed E-state index contributed by atoms with van der Waals surface area (Å²) in [6.45, 7) is 2.06. The van der Waals surface area contributed by atoms with E-state index in [4.69, 9.17) is 0 Å². The van der Waals surface area contributed by atoms with Crippen LogP contribution in [0.1, 0.15) is 28.3 Å². The quantitative estimate of drug-likeness (QED) is 0.746. The summed E-state index contributed by atoms with van der Waals surface area (Å²) < 4.78 is 0. The smallest absolute Gasteiger partial charge is 0.150 e. The van der Waals surface area contributed by atoms with Gasteiger partial charge in [0.25, 0.3) is 0 Å². The summed E-state index contributed by atoms with van der Waals surface area (Å²) in [5.74, 6) is 0.586. The number of aromatic hydroxyl groups is 1. The van der Waals surface area contributed by atoms with E-state index in [1.165, 1.54) is 0 Å². The van der Waals surface area contributed by atoms with E-state index in [2.05, 4.69) is 11.9 Å². The van der Waals surface area contributed by atoms with Gasteiger partial charge in [-0.1, -0.05) is 6.07 Å². The highest BCUT2D eigenvalue weighted by Crippen LogP contribution is 2.29. The zero-order chi connectivity index (χ0) is 10.8. The zero-order valence-corrected chi connectivity index (χ0v) is 8.81. The van der Waals surface area contributed by atoms with Crippen LogP contribution < -0.4 is 0 Å². The van der Waals surface area contributed by atoms with E-state index in [0.29, 0.717) is 11.5 Å². The first-order valence-corrected chi connectivity index (χ1v) is 5.17. The number of likely N-dealkylation sites (N-methyl/N-ethyl adjacent to an activating group) is 1. The van der Waals surface area contributed by atoms with Crippen molar-refractivity contribution in [3.8, 4) is 5.75 Å². The minimum absolute atomic E-state index is 0.159.